The van der Waals surface area contributed by atoms with E-state index in [-0.39, 0.29) is 6.54 Å². The molecule has 1 heterocycles. The van der Waals surface area contributed by atoms with E-state index in [9.17, 15) is 9.90 Å². The summed E-state index contributed by atoms with van der Waals surface area (Å²) in [5, 5.41) is 15.5. The van der Waals surface area contributed by atoms with Crippen LogP contribution in [0, 0.1) is 0 Å². The third-order valence-corrected chi connectivity index (χ3v) is 3.25. The van der Waals surface area contributed by atoms with Gasteiger partial charge in [0.2, 0.25) is 5.88 Å². The molecule has 0 bridgehead atoms. The summed E-state index contributed by atoms with van der Waals surface area (Å²) in [6, 6.07) is 10.0. The highest BCUT2D eigenvalue weighted by atomic mass is 16.5. The lowest BCUT2D eigenvalue weighted by Gasteiger charge is -2.16. The Morgan fingerprint density at radius 1 is 1.29 bits per heavy atom. The molecule has 0 aliphatic carbocycles. The number of ether oxygens (including phenoxy) is 2. The molecule has 2 aromatic rings. The van der Waals surface area contributed by atoms with Crippen LogP contribution in [0.25, 0.3) is 0 Å². The molecular weight excluding hydrogens is 310 g/mol. The first-order valence-corrected chi connectivity index (χ1v) is 7.59. The lowest BCUT2D eigenvalue weighted by molar-refractivity contribution is 0.171. The number of nitrogens with one attached hydrogen (secondary N) is 2. The number of hydrogen-bond donors (Lipinski definition) is 3. The number of para-hydroxylation sites is 1. The molecule has 0 radical (unpaired) electrons. The van der Waals surface area contributed by atoms with Gasteiger partial charge in [-0.25, -0.2) is 9.78 Å². The van der Waals surface area contributed by atoms with E-state index in [1.54, 1.807) is 36.5 Å². The summed E-state index contributed by atoms with van der Waals surface area (Å²) in [4.78, 5) is 16.1. The molecule has 0 saturated carbocycles. The van der Waals surface area contributed by atoms with Crippen molar-refractivity contribution in [1.82, 2.24) is 10.3 Å². The first-order chi connectivity index (χ1) is 11.7. The van der Waals surface area contributed by atoms with Gasteiger partial charge in [0.1, 0.15) is 11.4 Å². The number of aliphatic hydroxyl groups is 1. The van der Waals surface area contributed by atoms with Gasteiger partial charge in [-0.2, -0.15) is 0 Å². The second-order valence-corrected chi connectivity index (χ2v) is 4.88. The van der Waals surface area contributed by atoms with Gasteiger partial charge >= 0.3 is 6.03 Å². The second kappa shape index (κ2) is 8.73. The van der Waals surface area contributed by atoms with E-state index in [2.05, 4.69) is 15.6 Å². The molecule has 128 valence electrons. The number of urea groups is 1. The number of benzene rings is 1. The fraction of sp³-hybridized carbons (Fsp3) is 0.294. The van der Waals surface area contributed by atoms with Gasteiger partial charge in [0, 0.05) is 18.3 Å². The number of hydrogen-bond acceptors (Lipinski definition) is 5. The summed E-state index contributed by atoms with van der Waals surface area (Å²) in [6.45, 7) is 2.32. The molecular formula is C17H21N3O4. The summed E-state index contributed by atoms with van der Waals surface area (Å²) in [6.07, 6.45) is 0.701. The zero-order valence-electron chi connectivity index (χ0n) is 13.7. The van der Waals surface area contributed by atoms with E-state index in [0.717, 1.165) is 0 Å². The summed E-state index contributed by atoms with van der Waals surface area (Å²) in [7, 11) is 1.53. The Balaban J connectivity index is 1.94. The largest absolute Gasteiger partial charge is 0.496 e. The molecule has 0 aliphatic rings. The van der Waals surface area contributed by atoms with Gasteiger partial charge in [0.15, 0.2) is 0 Å². The number of nitrogens with zero attached hydrogens (tertiary/aromatic N) is 1. The Morgan fingerprint density at radius 3 is 2.83 bits per heavy atom. The number of pyridine rings is 1. The second-order valence-electron chi connectivity index (χ2n) is 4.88. The van der Waals surface area contributed by atoms with Crippen LogP contribution in [0.15, 0.2) is 42.6 Å². The maximum absolute atomic E-state index is 12.0. The molecule has 3 N–H and O–H groups in total. The van der Waals surface area contributed by atoms with E-state index < -0.39 is 12.1 Å². The number of amides is 2. The first-order valence-electron chi connectivity index (χ1n) is 7.59. The van der Waals surface area contributed by atoms with Gasteiger partial charge < -0.3 is 25.2 Å². The monoisotopic (exact) mass is 331 g/mol. The molecule has 7 nitrogen and oxygen atoms in total. The van der Waals surface area contributed by atoms with Crippen LogP contribution in [0.1, 0.15) is 18.6 Å². The van der Waals surface area contributed by atoms with Crippen LogP contribution in [-0.4, -0.2) is 36.4 Å². The number of carbonyl (C=O) groups is 1. The Hall–Kier alpha value is -2.80. The van der Waals surface area contributed by atoms with Gasteiger partial charge in [0.05, 0.1) is 19.8 Å². The molecule has 1 aromatic heterocycles. The average Bonchev–Trinajstić information content (AvgIpc) is 2.61. The fourth-order valence-electron chi connectivity index (χ4n) is 2.15. The Morgan fingerprint density at radius 2 is 2.08 bits per heavy atom. The molecule has 0 fully saturated rings. The molecule has 0 aliphatic heterocycles. The quantitative estimate of drug-likeness (QED) is 0.724. The number of anilines is 1. The van der Waals surface area contributed by atoms with E-state index in [0.29, 0.717) is 29.5 Å². The van der Waals surface area contributed by atoms with Crippen LogP contribution in [0.5, 0.6) is 11.6 Å². The molecule has 0 saturated heterocycles. The van der Waals surface area contributed by atoms with Crippen molar-refractivity contribution < 1.29 is 19.4 Å². The minimum atomic E-state index is -0.882. The first kappa shape index (κ1) is 17.6. The summed E-state index contributed by atoms with van der Waals surface area (Å²) < 4.78 is 10.5. The molecule has 7 heteroatoms. The van der Waals surface area contributed by atoms with E-state index in [4.69, 9.17) is 9.47 Å². The molecule has 1 aromatic carbocycles. The zero-order valence-corrected chi connectivity index (χ0v) is 13.7. The highest BCUT2D eigenvalue weighted by molar-refractivity contribution is 5.90. The summed E-state index contributed by atoms with van der Waals surface area (Å²) in [5.41, 5.74) is 1.07. The Bertz CT molecular complexity index is 678. The standard InChI is InChI=1S/C17H21N3O4/c1-3-24-16-13(8-6-10-18-16)20-17(22)19-11-14(21)12-7-4-5-9-15(12)23-2/h4-10,14,21H,3,11H2,1-2H3,(H2,19,20,22)/t14-/m1/s1. The van der Waals surface area contributed by atoms with Crippen molar-refractivity contribution in [3.05, 3.63) is 48.2 Å². The van der Waals surface area contributed by atoms with E-state index >= 15 is 0 Å². The maximum atomic E-state index is 12.0. The third-order valence-electron chi connectivity index (χ3n) is 3.25. The van der Waals surface area contributed by atoms with E-state index in [1.165, 1.54) is 7.11 Å². The van der Waals surface area contributed by atoms with Crippen molar-refractivity contribution in [2.75, 3.05) is 25.6 Å². The molecule has 1 atom stereocenters. The van der Waals surface area contributed by atoms with E-state index in [1.807, 2.05) is 13.0 Å². The summed E-state index contributed by atoms with van der Waals surface area (Å²) in [5.74, 6) is 0.915. The minimum Gasteiger partial charge on any atom is -0.496 e. The van der Waals surface area contributed by atoms with Gasteiger partial charge in [-0.1, -0.05) is 18.2 Å². The van der Waals surface area contributed by atoms with Gasteiger partial charge in [-0.15, -0.1) is 0 Å². The van der Waals surface area contributed by atoms with Gasteiger partial charge in [-0.3, -0.25) is 0 Å². The van der Waals surface area contributed by atoms with Crippen molar-refractivity contribution in [1.29, 1.82) is 0 Å². The van der Waals surface area contributed by atoms with Crippen molar-refractivity contribution in [2.45, 2.75) is 13.0 Å². The van der Waals surface area contributed by atoms with Crippen LogP contribution in [0.3, 0.4) is 0 Å². The average molecular weight is 331 g/mol. The number of aliphatic hydroxyl groups excluding tert-OH is 1. The molecule has 0 unspecified atom stereocenters. The number of methoxy groups -OCH3 is 1. The predicted octanol–water partition coefficient (Wildman–Crippen LogP) is 2.34. The van der Waals surface area contributed by atoms with Crippen LogP contribution < -0.4 is 20.1 Å². The lowest BCUT2D eigenvalue weighted by Crippen LogP contribution is -2.32. The third kappa shape index (κ3) is 4.60. The number of aromatic nitrogens is 1. The summed E-state index contributed by atoms with van der Waals surface area (Å²) >= 11 is 0. The highest BCUT2D eigenvalue weighted by Crippen LogP contribution is 2.24. The van der Waals surface area contributed by atoms with Crippen LogP contribution in [-0.2, 0) is 0 Å². The Kier molecular flexibility index (Phi) is 6.39. The molecule has 2 amide bonds. The van der Waals surface area contributed by atoms with Crippen molar-refractivity contribution in [3.63, 3.8) is 0 Å². The SMILES string of the molecule is CCOc1ncccc1NC(=O)NC[C@@H](O)c1ccccc1OC. The van der Waals surface area contributed by atoms with Crippen molar-refractivity contribution >= 4 is 11.7 Å². The molecule has 24 heavy (non-hydrogen) atoms. The zero-order chi connectivity index (χ0) is 17.4. The predicted molar refractivity (Wildman–Crippen MR) is 90.4 cm³/mol. The number of carbonyl (C=O) groups excluding carboxylic acids is 1. The fourth-order valence-corrected chi connectivity index (χ4v) is 2.15. The number of rotatable bonds is 7. The molecule has 2 rings (SSSR count). The Labute approximate surface area is 140 Å². The highest BCUT2D eigenvalue weighted by Gasteiger charge is 2.14. The van der Waals surface area contributed by atoms with Crippen LogP contribution >= 0.6 is 0 Å². The van der Waals surface area contributed by atoms with Crippen molar-refractivity contribution in [2.24, 2.45) is 0 Å². The van der Waals surface area contributed by atoms with Crippen molar-refractivity contribution in [3.8, 4) is 11.6 Å². The maximum Gasteiger partial charge on any atom is 0.319 e. The molecule has 0 spiro atoms. The topological polar surface area (TPSA) is 92.7 Å². The van der Waals surface area contributed by atoms with Crippen LogP contribution in [0.2, 0.25) is 0 Å². The van der Waals surface area contributed by atoms with Gasteiger partial charge in [0.25, 0.3) is 0 Å². The minimum absolute atomic E-state index is 0.0381. The lowest BCUT2D eigenvalue weighted by atomic mass is 10.1. The van der Waals surface area contributed by atoms with Gasteiger partial charge in [-0.05, 0) is 25.1 Å². The normalized spacial score (nSPS) is 11.5. The smallest absolute Gasteiger partial charge is 0.319 e. The van der Waals surface area contributed by atoms with Crippen LogP contribution in [0.4, 0.5) is 10.5 Å².